The Morgan fingerprint density at radius 1 is 1.04 bits per heavy atom. The smallest absolute Gasteiger partial charge is 0.311 e. The first kappa shape index (κ1) is 18.0. The molecule has 2 aromatic carbocycles. The van der Waals surface area contributed by atoms with Crippen molar-refractivity contribution < 1.29 is 14.3 Å². The number of halogens is 1. The van der Waals surface area contributed by atoms with E-state index in [0.29, 0.717) is 10.7 Å². The number of amides is 1. The minimum Gasteiger partial charge on any atom is -0.452 e. The minimum atomic E-state index is -0.865. The fourth-order valence-electron chi connectivity index (χ4n) is 2.13. The molecule has 1 N–H and O–H groups in total. The summed E-state index contributed by atoms with van der Waals surface area (Å²) in [5.74, 6) is -0.815. The van der Waals surface area contributed by atoms with Gasteiger partial charge in [0.1, 0.15) is 0 Å². The molecule has 0 aliphatic rings. The van der Waals surface area contributed by atoms with E-state index in [9.17, 15) is 9.59 Å². The lowest BCUT2D eigenvalue weighted by molar-refractivity contribution is -0.152. The third kappa shape index (κ3) is 5.39. The molecule has 2 rings (SSSR count). The third-order valence-corrected chi connectivity index (χ3v) is 3.82. The van der Waals surface area contributed by atoms with Gasteiger partial charge in [-0.15, -0.1) is 0 Å². The Morgan fingerprint density at radius 2 is 1.62 bits per heavy atom. The van der Waals surface area contributed by atoms with Gasteiger partial charge >= 0.3 is 5.97 Å². The predicted molar refractivity (Wildman–Crippen MR) is 95.2 cm³/mol. The van der Waals surface area contributed by atoms with Crippen LogP contribution in [-0.2, 0) is 27.2 Å². The number of carbonyl (C=O) groups is 2. The van der Waals surface area contributed by atoms with Crippen LogP contribution in [0.15, 0.2) is 48.5 Å². The maximum absolute atomic E-state index is 12.1. The van der Waals surface area contributed by atoms with Gasteiger partial charge in [0.05, 0.1) is 6.42 Å². The molecule has 0 fully saturated rings. The minimum absolute atomic E-state index is 0.0972. The Hall–Kier alpha value is -2.33. The first-order valence-corrected chi connectivity index (χ1v) is 8.19. The topological polar surface area (TPSA) is 55.4 Å². The zero-order chi connectivity index (χ0) is 17.5. The highest BCUT2D eigenvalue weighted by Crippen LogP contribution is 2.12. The fourth-order valence-corrected chi connectivity index (χ4v) is 2.25. The molecule has 0 heterocycles. The summed E-state index contributed by atoms with van der Waals surface area (Å²) in [7, 11) is 0. The van der Waals surface area contributed by atoms with Gasteiger partial charge in [-0.2, -0.15) is 0 Å². The van der Waals surface area contributed by atoms with Gasteiger partial charge in [-0.05, 0) is 48.7 Å². The lowest BCUT2D eigenvalue weighted by atomic mass is 10.1. The van der Waals surface area contributed by atoms with Crippen molar-refractivity contribution in [3.63, 3.8) is 0 Å². The highest BCUT2D eigenvalue weighted by atomic mass is 35.5. The van der Waals surface area contributed by atoms with E-state index in [2.05, 4.69) is 12.2 Å². The van der Waals surface area contributed by atoms with Crippen molar-refractivity contribution in [2.45, 2.75) is 32.8 Å². The molecule has 24 heavy (non-hydrogen) atoms. The molecule has 0 saturated heterocycles. The van der Waals surface area contributed by atoms with Crippen molar-refractivity contribution >= 4 is 29.2 Å². The second-order valence-electron chi connectivity index (χ2n) is 5.48. The zero-order valence-electron chi connectivity index (χ0n) is 13.7. The normalized spacial score (nSPS) is 11.6. The van der Waals surface area contributed by atoms with Crippen LogP contribution >= 0.6 is 11.6 Å². The third-order valence-electron chi connectivity index (χ3n) is 3.57. The average Bonchev–Trinajstić information content (AvgIpc) is 2.57. The number of aryl methyl sites for hydroxylation is 1. The van der Waals surface area contributed by atoms with E-state index in [1.807, 2.05) is 24.3 Å². The van der Waals surface area contributed by atoms with Crippen LogP contribution in [0.25, 0.3) is 0 Å². The molecular weight excluding hydrogens is 326 g/mol. The summed E-state index contributed by atoms with van der Waals surface area (Å²) < 4.78 is 5.18. The molecule has 126 valence electrons. The number of hydrogen-bond acceptors (Lipinski definition) is 3. The second kappa shape index (κ2) is 8.50. The molecule has 2 aromatic rings. The lowest BCUT2D eigenvalue weighted by Crippen LogP contribution is -2.30. The zero-order valence-corrected chi connectivity index (χ0v) is 14.5. The van der Waals surface area contributed by atoms with Gasteiger partial charge in [0.25, 0.3) is 5.91 Å². The van der Waals surface area contributed by atoms with Crippen molar-refractivity contribution in [1.29, 1.82) is 0 Å². The van der Waals surface area contributed by atoms with Crippen molar-refractivity contribution in [3.05, 3.63) is 64.7 Å². The van der Waals surface area contributed by atoms with Crippen LogP contribution in [0.4, 0.5) is 5.69 Å². The molecule has 0 radical (unpaired) electrons. The second-order valence-corrected chi connectivity index (χ2v) is 5.91. The van der Waals surface area contributed by atoms with Gasteiger partial charge in [0, 0.05) is 10.7 Å². The number of hydrogen-bond donors (Lipinski definition) is 1. The Labute approximate surface area is 146 Å². The maximum Gasteiger partial charge on any atom is 0.311 e. The summed E-state index contributed by atoms with van der Waals surface area (Å²) >= 11 is 5.80. The highest BCUT2D eigenvalue weighted by molar-refractivity contribution is 6.30. The molecule has 5 heteroatoms. The largest absolute Gasteiger partial charge is 0.452 e. The maximum atomic E-state index is 12.1. The van der Waals surface area contributed by atoms with Crippen LogP contribution in [0.5, 0.6) is 0 Å². The highest BCUT2D eigenvalue weighted by Gasteiger charge is 2.18. The molecule has 0 aromatic heterocycles. The molecule has 0 spiro atoms. The van der Waals surface area contributed by atoms with E-state index in [0.717, 1.165) is 12.0 Å². The molecular formula is C19H20ClNO3. The van der Waals surface area contributed by atoms with E-state index < -0.39 is 12.1 Å². The first-order chi connectivity index (χ1) is 11.5. The van der Waals surface area contributed by atoms with Crippen LogP contribution in [0.1, 0.15) is 25.0 Å². The molecule has 0 aliphatic carbocycles. The molecule has 1 amide bonds. The standard InChI is InChI=1S/C19H20ClNO3/c1-3-14-6-10-17(11-7-14)21-19(23)13(2)24-18(22)12-15-4-8-16(20)9-5-15/h4-11,13H,3,12H2,1-2H3,(H,21,23)/t13-/m1/s1. The Balaban J connectivity index is 1.85. The van der Waals surface area contributed by atoms with E-state index in [-0.39, 0.29) is 12.3 Å². The Kier molecular flexibility index (Phi) is 6.38. The number of esters is 1. The van der Waals surface area contributed by atoms with E-state index in [4.69, 9.17) is 16.3 Å². The molecule has 1 atom stereocenters. The molecule has 0 unspecified atom stereocenters. The van der Waals surface area contributed by atoms with E-state index >= 15 is 0 Å². The molecule has 0 bridgehead atoms. The van der Waals surface area contributed by atoms with Crippen LogP contribution in [0.3, 0.4) is 0 Å². The van der Waals surface area contributed by atoms with Gasteiger partial charge in [-0.3, -0.25) is 9.59 Å². The van der Waals surface area contributed by atoms with Gasteiger partial charge in [0.2, 0.25) is 0 Å². The van der Waals surface area contributed by atoms with Crippen LogP contribution in [0.2, 0.25) is 5.02 Å². The SMILES string of the molecule is CCc1ccc(NC(=O)[C@@H](C)OC(=O)Cc2ccc(Cl)cc2)cc1. The Morgan fingerprint density at radius 3 is 2.21 bits per heavy atom. The van der Waals surface area contributed by atoms with E-state index in [1.165, 1.54) is 5.56 Å². The number of ether oxygens (including phenoxy) is 1. The first-order valence-electron chi connectivity index (χ1n) is 7.81. The number of rotatable bonds is 6. The lowest BCUT2D eigenvalue weighted by Gasteiger charge is -2.14. The number of anilines is 1. The van der Waals surface area contributed by atoms with Gasteiger partial charge in [-0.25, -0.2) is 0 Å². The van der Waals surface area contributed by atoms with Crippen molar-refractivity contribution in [2.75, 3.05) is 5.32 Å². The molecule has 4 nitrogen and oxygen atoms in total. The van der Waals surface area contributed by atoms with Crippen molar-refractivity contribution in [3.8, 4) is 0 Å². The van der Waals surface area contributed by atoms with Gasteiger partial charge in [0.15, 0.2) is 6.10 Å². The van der Waals surface area contributed by atoms with E-state index in [1.54, 1.807) is 31.2 Å². The van der Waals surface area contributed by atoms with Crippen LogP contribution < -0.4 is 5.32 Å². The van der Waals surface area contributed by atoms with Gasteiger partial charge in [-0.1, -0.05) is 42.8 Å². The fraction of sp³-hybridized carbons (Fsp3) is 0.263. The molecule has 0 saturated carbocycles. The summed E-state index contributed by atoms with van der Waals surface area (Å²) in [6, 6.07) is 14.5. The summed E-state index contributed by atoms with van der Waals surface area (Å²) in [4.78, 5) is 24.0. The monoisotopic (exact) mass is 345 g/mol. The number of benzene rings is 2. The van der Waals surface area contributed by atoms with Crippen LogP contribution in [0, 0.1) is 0 Å². The summed E-state index contributed by atoms with van der Waals surface area (Å²) in [6.45, 7) is 3.62. The quantitative estimate of drug-likeness (QED) is 0.804. The molecule has 0 aliphatic heterocycles. The Bertz CT molecular complexity index is 696. The number of carbonyl (C=O) groups excluding carboxylic acids is 2. The van der Waals surface area contributed by atoms with Gasteiger partial charge < -0.3 is 10.1 Å². The summed E-state index contributed by atoms with van der Waals surface area (Å²) in [5.41, 5.74) is 2.65. The van der Waals surface area contributed by atoms with Crippen molar-refractivity contribution in [1.82, 2.24) is 0 Å². The van der Waals surface area contributed by atoms with Crippen LogP contribution in [-0.4, -0.2) is 18.0 Å². The predicted octanol–water partition coefficient (Wildman–Crippen LogP) is 4.02. The summed E-state index contributed by atoms with van der Waals surface area (Å²) in [5, 5.41) is 3.34. The van der Waals surface area contributed by atoms with Crippen molar-refractivity contribution in [2.24, 2.45) is 0 Å². The number of nitrogens with one attached hydrogen (secondary N) is 1. The summed E-state index contributed by atoms with van der Waals surface area (Å²) in [6.07, 6.45) is 0.170. The average molecular weight is 346 g/mol.